The molecule has 6 nitrogen and oxygen atoms in total. The Hall–Kier alpha value is -2.44. The second kappa shape index (κ2) is 8.09. The number of benzene rings is 2. The molecule has 1 aliphatic heterocycles. The number of halogens is 1. The van der Waals surface area contributed by atoms with Gasteiger partial charge < -0.3 is 25.2 Å². The van der Waals surface area contributed by atoms with Gasteiger partial charge >= 0.3 is 0 Å². The maximum absolute atomic E-state index is 10.2. The van der Waals surface area contributed by atoms with Crippen LogP contribution in [0.15, 0.2) is 47.5 Å². The lowest BCUT2D eigenvalue weighted by molar-refractivity contribution is 0.174. The molecule has 1 unspecified atom stereocenters. The lowest BCUT2D eigenvalue weighted by Gasteiger charge is -2.16. The predicted molar refractivity (Wildman–Crippen MR) is 97.2 cm³/mol. The second-order valence-corrected chi connectivity index (χ2v) is 6.00. The predicted octanol–water partition coefficient (Wildman–Crippen LogP) is 2.47. The quantitative estimate of drug-likeness (QED) is 0.563. The molecule has 1 aliphatic rings. The van der Waals surface area contributed by atoms with Crippen molar-refractivity contribution in [3.63, 3.8) is 0 Å². The van der Waals surface area contributed by atoms with Crippen LogP contribution in [0.4, 0.5) is 0 Å². The van der Waals surface area contributed by atoms with Crippen molar-refractivity contribution in [2.24, 2.45) is 4.99 Å². The molecule has 0 radical (unpaired) electrons. The van der Waals surface area contributed by atoms with E-state index in [0.717, 1.165) is 22.6 Å². The monoisotopic (exact) mass is 361 g/mol. The first-order chi connectivity index (χ1) is 12.2. The van der Waals surface area contributed by atoms with Crippen molar-refractivity contribution in [1.29, 1.82) is 0 Å². The van der Waals surface area contributed by atoms with Crippen LogP contribution in [-0.2, 0) is 6.54 Å². The van der Waals surface area contributed by atoms with Crippen LogP contribution in [0.5, 0.6) is 11.5 Å². The highest BCUT2D eigenvalue weighted by Crippen LogP contribution is 2.32. The Kier molecular flexibility index (Phi) is 5.63. The average molecular weight is 362 g/mol. The van der Waals surface area contributed by atoms with Gasteiger partial charge in [-0.1, -0.05) is 29.8 Å². The minimum absolute atomic E-state index is 0.261. The summed E-state index contributed by atoms with van der Waals surface area (Å²) in [7, 11) is 1.68. The van der Waals surface area contributed by atoms with Crippen LogP contribution in [0, 0.1) is 0 Å². The van der Waals surface area contributed by atoms with Gasteiger partial charge in [0.15, 0.2) is 17.5 Å². The first kappa shape index (κ1) is 17.4. The van der Waals surface area contributed by atoms with E-state index in [1.165, 1.54) is 0 Å². The van der Waals surface area contributed by atoms with Crippen LogP contribution in [0.3, 0.4) is 0 Å². The molecule has 132 valence electrons. The molecule has 0 saturated heterocycles. The number of ether oxygens (including phenoxy) is 2. The molecule has 2 aromatic rings. The Morgan fingerprint density at radius 3 is 2.84 bits per heavy atom. The van der Waals surface area contributed by atoms with Gasteiger partial charge in [0, 0.05) is 25.2 Å². The number of guanidine groups is 1. The fraction of sp³-hybridized carbons (Fsp3) is 0.278. The van der Waals surface area contributed by atoms with Gasteiger partial charge in [-0.25, -0.2) is 0 Å². The third kappa shape index (κ3) is 4.55. The fourth-order valence-corrected chi connectivity index (χ4v) is 2.68. The van der Waals surface area contributed by atoms with E-state index in [0.29, 0.717) is 24.1 Å². The molecule has 0 spiro atoms. The van der Waals surface area contributed by atoms with Crippen molar-refractivity contribution in [3.8, 4) is 11.5 Å². The molecule has 7 heteroatoms. The summed E-state index contributed by atoms with van der Waals surface area (Å²) in [5, 5.41) is 17.1. The highest BCUT2D eigenvalue weighted by Gasteiger charge is 2.13. The van der Waals surface area contributed by atoms with Crippen molar-refractivity contribution in [3.05, 3.63) is 58.6 Å². The number of nitrogens with one attached hydrogen (secondary N) is 2. The van der Waals surface area contributed by atoms with Crippen LogP contribution < -0.4 is 20.1 Å². The Morgan fingerprint density at radius 2 is 2.04 bits per heavy atom. The van der Waals surface area contributed by atoms with E-state index in [2.05, 4.69) is 15.6 Å². The van der Waals surface area contributed by atoms with E-state index < -0.39 is 6.10 Å². The van der Waals surface area contributed by atoms with Gasteiger partial charge in [0.25, 0.3) is 0 Å². The summed E-state index contributed by atoms with van der Waals surface area (Å²) < 4.78 is 10.7. The Bertz CT molecular complexity index is 767. The standard InChI is InChI=1S/C18H20ClN3O3/c1-20-18(22-10-15(23)13-3-2-4-14(19)8-13)21-9-12-5-6-16-17(7-12)25-11-24-16/h2-8,15,23H,9-11H2,1H3,(H2,20,21,22). The summed E-state index contributed by atoms with van der Waals surface area (Å²) >= 11 is 5.95. The smallest absolute Gasteiger partial charge is 0.231 e. The Labute approximate surface area is 151 Å². The third-order valence-electron chi connectivity index (χ3n) is 3.82. The normalized spacial score (nSPS) is 14.3. The van der Waals surface area contributed by atoms with E-state index in [9.17, 15) is 5.11 Å². The van der Waals surface area contributed by atoms with Gasteiger partial charge in [-0.05, 0) is 35.4 Å². The van der Waals surface area contributed by atoms with Gasteiger partial charge in [0.1, 0.15) is 0 Å². The molecule has 3 rings (SSSR count). The molecule has 0 bridgehead atoms. The molecular weight excluding hydrogens is 342 g/mol. The molecule has 2 aromatic carbocycles. The van der Waals surface area contributed by atoms with Crippen molar-refractivity contribution in [2.75, 3.05) is 20.4 Å². The highest BCUT2D eigenvalue weighted by atomic mass is 35.5. The number of aliphatic hydroxyl groups is 1. The van der Waals surface area contributed by atoms with Crippen LogP contribution in [0.25, 0.3) is 0 Å². The van der Waals surface area contributed by atoms with Gasteiger partial charge in [0.2, 0.25) is 6.79 Å². The molecule has 0 aliphatic carbocycles. The fourth-order valence-electron chi connectivity index (χ4n) is 2.48. The number of fused-ring (bicyclic) bond motifs is 1. The number of nitrogens with zero attached hydrogens (tertiary/aromatic N) is 1. The molecule has 25 heavy (non-hydrogen) atoms. The average Bonchev–Trinajstić information content (AvgIpc) is 3.09. The summed E-state index contributed by atoms with van der Waals surface area (Å²) in [6.45, 7) is 1.15. The molecule has 0 saturated carbocycles. The summed E-state index contributed by atoms with van der Waals surface area (Å²) in [5.74, 6) is 2.10. The number of rotatable bonds is 5. The first-order valence-corrected chi connectivity index (χ1v) is 8.30. The molecular formula is C18H20ClN3O3. The van der Waals surface area contributed by atoms with E-state index in [1.54, 1.807) is 19.2 Å². The van der Waals surface area contributed by atoms with Gasteiger partial charge in [-0.15, -0.1) is 0 Å². The largest absolute Gasteiger partial charge is 0.454 e. The van der Waals surface area contributed by atoms with Crippen LogP contribution in [0.2, 0.25) is 5.02 Å². The molecule has 0 aromatic heterocycles. The summed E-state index contributed by atoms with van der Waals surface area (Å²) in [4.78, 5) is 4.16. The SMILES string of the molecule is CN=C(NCc1ccc2c(c1)OCO2)NCC(O)c1cccc(Cl)c1. The van der Waals surface area contributed by atoms with Gasteiger partial charge in [-0.3, -0.25) is 4.99 Å². The zero-order valence-electron chi connectivity index (χ0n) is 13.8. The summed E-state index contributed by atoms with van der Waals surface area (Å²) in [6.07, 6.45) is -0.678. The van der Waals surface area contributed by atoms with E-state index in [1.807, 2.05) is 30.3 Å². The maximum Gasteiger partial charge on any atom is 0.231 e. The van der Waals surface area contributed by atoms with E-state index in [-0.39, 0.29) is 6.79 Å². The van der Waals surface area contributed by atoms with E-state index in [4.69, 9.17) is 21.1 Å². The van der Waals surface area contributed by atoms with Crippen LogP contribution >= 0.6 is 11.6 Å². The highest BCUT2D eigenvalue weighted by molar-refractivity contribution is 6.30. The minimum Gasteiger partial charge on any atom is -0.454 e. The zero-order chi connectivity index (χ0) is 17.6. The molecule has 3 N–H and O–H groups in total. The van der Waals surface area contributed by atoms with Crippen molar-refractivity contribution in [1.82, 2.24) is 10.6 Å². The summed E-state index contributed by atoms with van der Waals surface area (Å²) in [6, 6.07) is 13.0. The molecule has 1 heterocycles. The number of hydrogen-bond acceptors (Lipinski definition) is 4. The number of aliphatic hydroxyl groups excluding tert-OH is 1. The lowest BCUT2D eigenvalue weighted by atomic mass is 10.1. The lowest BCUT2D eigenvalue weighted by Crippen LogP contribution is -2.39. The number of hydrogen-bond donors (Lipinski definition) is 3. The topological polar surface area (TPSA) is 75.1 Å². The Balaban J connectivity index is 1.51. The summed E-state index contributed by atoms with van der Waals surface area (Å²) in [5.41, 5.74) is 1.80. The minimum atomic E-state index is -0.678. The second-order valence-electron chi connectivity index (χ2n) is 5.57. The molecule has 1 atom stereocenters. The maximum atomic E-state index is 10.2. The van der Waals surface area contributed by atoms with Gasteiger partial charge in [0.05, 0.1) is 6.10 Å². The van der Waals surface area contributed by atoms with Crippen molar-refractivity contribution < 1.29 is 14.6 Å². The van der Waals surface area contributed by atoms with Crippen LogP contribution in [-0.4, -0.2) is 31.5 Å². The number of aliphatic imine (C=N–C) groups is 1. The first-order valence-electron chi connectivity index (χ1n) is 7.92. The van der Waals surface area contributed by atoms with Crippen molar-refractivity contribution >= 4 is 17.6 Å². The zero-order valence-corrected chi connectivity index (χ0v) is 14.6. The van der Waals surface area contributed by atoms with Gasteiger partial charge in [-0.2, -0.15) is 0 Å². The third-order valence-corrected chi connectivity index (χ3v) is 4.05. The Morgan fingerprint density at radius 1 is 1.20 bits per heavy atom. The van der Waals surface area contributed by atoms with E-state index >= 15 is 0 Å². The van der Waals surface area contributed by atoms with Crippen molar-refractivity contribution in [2.45, 2.75) is 12.6 Å². The molecule has 0 fully saturated rings. The van der Waals surface area contributed by atoms with Crippen LogP contribution in [0.1, 0.15) is 17.2 Å². The molecule has 0 amide bonds.